The number of nitrogens with zero attached hydrogens (tertiary/aromatic N) is 3. The highest BCUT2D eigenvalue weighted by Gasteiger charge is 2.31. The van der Waals surface area contributed by atoms with Gasteiger partial charge in [0.1, 0.15) is 5.65 Å². The number of fused-ring (bicyclic) bond motifs is 1. The number of rotatable bonds is 6. The summed E-state index contributed by atoms with van der Waals surface area (Å²) in [6.45, 7) is 4.29. The Balaban J connectivity index is 1.47. The molecule has 170 valence electrons. The van der Waals surface area contributed by atoms with E-state index in [-0.39, 0.29) is 5.56 Å². The van der Waals surface area contributed by atoms with Gasteiger partial charge in [0.05, 0.1) is 35.6 Å². The lowest BCUT2D eigenvalue weighted by atomic mass is 10.0. The van der Waals surface area contributed by atoms with Gasteiger partial charge in [-0.3, -0.25) is 9.78 Å². The lowest BCUT2D eigenvalue weighted by molar-refractivity contribution is -0.137. The van der Waals surface area contributed by atoms with E-state index >= 15 is 0 Å². The fourth-order valence-corrected chi connectivity index (χ4v) is 3.48. The zero-order valence-electron chi connectivity index (χ0n) is 18.0. The van der Waals surface area contributed by atoms with Gasteiger partial charge in [-0.2, -0.15) is 13.2 Å². The molecule has 3 aromatic heterocycles. The number of hydrogen-bond acceptors (Lipinski definition) is 4. The third-order valence-corrected chi connectivity index (χ3v) is 5.39. The molecule has 4 rings (SSSR count). The Kier molecular flexibility index (Phi) is 6.04. The Morgan fingerprint density at radius 1 is 1.12 bits per heavy atom. The Morgan fingerprint density at radius 3 is 2.73 bits per heavy atom. The van der Waals surface area contributed by atoms with E-state index in [2.05, 4.69) is 20.6 Å². The minimum Gasteiger partial charge on any atom is -0.379 e. The van der Waals surface area contributed by atoms with Crippen LogP contribution in [0.4, 0.5) is 18.9 Å². The van der Waals surface area contributed by atoms with Crippen LogP contribution in [-0.4, -0.2) is 20.3 Å². The zero-order chi connectivity index (χ0) is 23.6. The molecule has 9 heteroatoms. The zero-order valence-corrected chi connectivity index (χ0v) is 18.0. The fraction of sp³-hybridized carbons (Fsp3) is 0.208. The van der Waals surface area contributed by atoms with E-state index in [1.165, 1.54) is 0 Å². The number of nitrogens with one attached hydrogen (secondary N) is 2. The van der Waals surface area contributed by atoms with E-state index in [0.717, 1.165) is 40.4 Å². The minimum atomic E-state index is -4.56. The summed E-state index contributed by atoms with van der Waals surface area (Å²) in [6.07, 6.45) is 1.01. The maximum Gasteiger partial charge on any atom is 0.417 e. The highest BCUT2D eigenvalue weighted by Crippen LogP contribution is 2.29. The molecule has 33 heavy (non-hydrogen) atoms. The SMILES string of the molecule is Cc1ccc(C(C)NC(=O)c2cncc(C(F)(F)F)c2)cc1NCc1cnc2ccccn12. The van der Waals surface area contributed by atoms with Gasteiger partial charge in [-0.25, -0.2) is 4.98 Å². The molecule has 0 aliphatic carbocycles. The van der Waals surface area contributed by atoms with Gasteiger partial charge in [0.25, 0.3) is 5.91 Å². The first kappa shape index (κ1) is 22.3. The summed E-state index contributed by atoms with van der Waals surface area (Å²) < 4.78 is 40.8. The Morgan fingerprint density at radius 2 is 1.94 bits per heavy atom. The molecule has 1 atom stereocenters. The standard InChI is InChI=1S/C24H22F3N5O/c1-15-6-7-17(10-21(15)29-13-20-14-30-22-5-3-4-8-32(20)22)16(2)31-23(33)18-9-19(12-28-11-18)24(25,26)27/h3-12,14,16,29H,13H2,1-2H3,(H,31,33). The second kappa shape index (κ2) is 8.93. The van der Waals surface area contributed by atoms with E-state index in [1.54, 1.807) is 6.92 Å². The third-order valence-electron chi connectivity index (χ3n) is 5.39. The number of aryl methyl sites for hydroxylation is 1. The van der Waals surface area contributed by atoms with Crippen molar-refractivity contribution in [2.45, 2.75) is 32.6 Å². The predicted octanol–water partition coefficient (Wildman–Crippen LogP) is 5.16. The quantitative estimate of drug-likeness (QED) is 0.423. The summed E-state index contributed by atoms with van der Waals surface area (Å²) in [5.74, 6) is -0.623. The van der Waals surface area contributed by atoms with Gasteiger partial charge in [0.2, 0.25) is 0 Å². The number of anilines is 1. The van der Waals surface area contributed by atoms with Gasteiger partial charge in [-0.15, -0.1) is 0 Å². The molecule has 0 fully saturated rings. The van der Waals surface area contributed by atoms with Crippen LogP contribution in [-0.2, 0) is 12.7 Å². The van der Waals surface area contributed by atoms with Gasteiger partial charge < -0.3 is 15.0 Å². The van der Waals surface area contributed by atoms with Crippen molar-refractivity contribution in [3.63, 3.8) is 0 Å². The highest BCUT2D eigenvalue weighted by atomic mass is 19.4. The largest absolute Gasteiger partial charge is 0.417 e. The molecule has 0 radical (unpaired) electrons. The molecule has 3 heterocycles. The van der Waals surface area contributed by atoms with Crippen molar-refractivity contribution in [2.75, 3.05) is 5.32 Å². The van der Waals surface area contributed by atoms with Crippen LogP contribution in [0, 0.1) is 6.92 Å². The first-order valence-electron chi connectivity index (χ1n) is 10.3. The lowest BCUT2D eigenvalue weighted by Gasteiger charge is -2.18. The number of pyridine rings is 2. The van der Waals surface area contributed by atoms with E-state index in [9.17, 15) is 18.0 Å². The molecule has 6 nitrogen and oxygen atoms in total. The second-order valence-electron chi connectivity index (χ2n) is 7.76. The third kappa shape index (κ3) is 4.97. The number of benzene rings is 1. The number of hydrogen-bond donors (Lipinski definition) is 2. The van der Waals surface area contributed by atoms with E-state index in [0.29, 0.717) is 12.7 Å². The van der Waals surface area contributed by atoms with Crippen LogP contribution in [0.1, 0.15) is 45.7 Å². The molecule has 1 amide bonds. The molecule has 1 aromatic carbocycles. The first-order valence-corrected chi connectivity index (χ1v) is 10.3. The average Bonchev–Trinajstić information content (AvgIpc) is 3.21. The molecule has 1 unspecified atom stereocenters. The molecule has 2 N–H and O–H groups in total. The van der Waals surface area contributed by atoms with Crippen LogP contribution in [0.5, 0.6) is 0 Å². The average molecular weight is 453 g/mol. The summed E-state index contributed by atoms with van der Waals surface area (Å²) in [5, 5.41) is 6.15. The van der Waals surface area contributed by atoms with Crippen LogP contribution >= 0.6 is 0 Å². The Bertz CT molecular complexity index is 1300. The van der Waals surface area contributed by atoms with Crippen LogP contribution < -0.4 is 10.6 Å². The van der Waals surface area contributed by atoms with Crippen LogP contribution in [0.25, 0.3) is 5.65 Å². The maximum absolute atomic E-state index is 12.9. The number of amides is 1. The minimum absolute atomic E-state index is 0.144. The lowest BCUT2D eigenvalue weighted by Crippen LogP contribution is -2.27. The summed E-state index contributed by atoms with van der Waals surface area (Å²) >= 11 is 0. The van der Waals surface area contributed by atoms with Crippen LogP contribution in [0.2, 0.25) is 0 Å². The summed E-state index contributed by atoms with van der Waals surface area (Å²) in [5.41, 5.74) is 3.48. The maximum atomic E-state index is 12.9. The molecule has 0 spiro atoms. The Hall–Kier alpha value is -3.88. The van der Waals surface area contributed by atoms with E-state index in [1.807, 2.05) is 60.1 Å². The molecule has 0 aliphatic heterocycles. The summed E-state index contributed by atoms with van der Waals surface area (Å²) in [7, 11) is 0. The van der Waals surface area contributed by atoms with Crippen molar-refractivity contribution in [3.05, 3.63) is 95.2 Å². The first-order chi connectivity index (χ1) is 15.7. The number of alkyl halides is 3. The van der Waals surface area contributed by atoms with Gasteiger partial charge in [0, 0.05) is 24.3 Å². The van der Waals surface area contributed by atoms with Crippen molar-refractivity contribution >= 4 is 17.2 Å². The van der Waals surface area contributed by atoms with Gasteiger partial charge >= 0.3 is 6.18 Å². The monoisotopic (exact) mass is 453 g/mol. The predicted molar refractivity (Wildman–Crippen MR) is 119 cm³/mol. The second-order valence-corrected chi connectivity index (χ2v) is 7.76. The summed E-state index contributed by atoms with van der Waals surface area (Å²) in [6, 6.07) is 11.9. The number of halogens is 3. The van der Waals surface area contributed by atoms with Gasteiger partial charge in [-0.1, -0.05) is 18.2 Å². The van der Waals surface area contributed by atoms with Gasteiger partial charge in [0.15, 0.2) is 0 Å². The number of aromatic nitrogens is 3. The highest BCUT2D eigenvalue weighted by molar-refractivity contribution is 5.94. The van der Waals surface area contributed by atoms with E-state index in [4.69, 9.17) is 0 Å². The van der Waals surface area contributed by atoms with Crippen molar-refractivity contribution in [1.82, 2.24) is 19.7 Å². The number of imidazole rings is 1. The molecule has 0 bridgehead atoms. The van der Waals surface area contributed by atoms with Crippen LogP contribution in [0.15, 0.2) is 67.3 Å². The van der Waals surface area contributed by atoms with Crippen molar-refractivity contribution in [1.29, 1.82) is 0 Å². The van der Waals surface area contributed by atoms with Crippen LogP contribution in [0.3, 0.4) is 0 Å². The van der Waals surface area contributed by atoms with Crippen molar-refractivity contribution < 1.29 is 18.0 Å². The Labute approximate surface area is 188 Å². The number of carbonyl (C=O) groups is 1. The molecule has 0 aliphatic rings. The molecular formula is C24H22F3N5O. The van der Waals surface area contributed by atoms with Crippen molar-refractivity contribution in [3.8, 4) is 0 Å². The molecular weight excluding hydrogens is 431 g/mol. The molecule has 4 aromatic rings. The molecule has 0 saturated heterocycles. The number of carbonyl (C=O) groups excluding carboxylic acids is 1. The van der Waals surface area contributed by atoms with Crippen molar-refractivity contribution in [2.24, 2.45) is 0 Å². The smallest absolute Gasteiger partial charge is 0.379 e. The summed E-state index contributed by atoms with van der Waals surface area (Å²) in [4.78, 5) is 20.5. The topological polar surface area (TPSA) is 71.3 Å². The van der Waals surface area contributed by atoms with E-state index < -0.39 is 23.7 Å². The fourth-order valence-electron chi connectivity index (χ4n) is 3.48. The normalized spacial score (nSPS) is 12.5. The molecule has 0 saturated carbocycles. The van der Waals surface area contributed by atoms with Gasteiger partial charge in [-0.05, 0) is 49.2 Å².